The fourth-order valence-electron chi connectivity index (χ4n) is 2.82. The second-order valence-electron chi connectivity index (χ2n) is 7.38. The number of imide groups is 1. The lowest BCUT2D eigenvalue weighted by molar-refractivity contribution is 0.0160. The monoisotopic (exact) mass is 600 g/mol. The number of carbonyl (C=O) groups is 2. The Balaban J connectivity index is -0.000000327. The van der Waals surface area contributed by atoms with Crippen molar-refractivity contribution in [1.82, 2.24) is 4.90 Å². The van der Waals surface area contributed by atoms with E-state index in [1.165, 1.54) is 4.90 Å². The molecule has 1 aliphatic heterocycles. The van der Waals surface area contributed by atoms with Gasteiger partial charge in [-0.25, -0.2) is 11.1 Å². The second kappa shape index (κ2) is 33.9. The van der Waals surface area contributed by atoms with Crippen LogP contribution in [0.25, 0.3) is 0 Å². The Kier molecular flexibility index (Phi) is 34.9. The highest BCUT2D eigenvalue weighted by Gasteiger charge is 2.34. The van der Waals surface area contributed by atoms with E-state index in [9.17, 15) is 9.59 Å². The highest BCUT2D eigenvalue weighted by atomic mass is 16.5. The molecule has 1 aromatic carbocycles. The van der Waals surface area contributed by atoms with Gasteiger partial charge in [0.05, 0.1) is 83.7 Å². The van der Waals surface area contributed by atoms with Gasteiger partial charge < -0.3 is 44.7 Å². The summed E-state index contributed by atoms with van der Waals surface area (Å²) >= 11 is 0. The van der Waals surface area contributed by atoms with Crippen molar-refractivity contribution < 1.29 is 50.0 Å². The van der Waals surface area contributed by atoms with Crippen LogP contribution in [0.4, 0.5) is 0 Å². The minimum atomic E-state index is -0.267. The van der Waals surface area contributed by atoms with Gasteiger partial charge in [0.25, 0.3) is 11.8 Å². The Morgan fingerprint density at radius 1 is 0.762 bits per heavy atom. The van der Waals surface area contributed by atoms with E-state index >= 15 is 0 Å². The van der Waals surface area contributed by atoms with Gasteiger partial charge in [-0.15, -0.1) is 12.8 Å². The maximum absolute atomic E-state index is 12.1. The van der Waals surface area contributed by atoms with Gasteiger partial charge in [-0.2, -0.15) is 0 Å². The first-order valence-electron chi connectivity index (χ1n) is 12.9. The zero-order valence-electron chi connectivity index (χ0n) is 24.3. The molecular weight excluding hydrogens is 552 g/mol. The summed E-state index contributed by atoms with van der Waals surface area (Å²) in [6.45, 7) is 8.11. The summed E-state index contributed by atoms with van der Waals surface area (Å²) in [4.78, 5) is 25.4. The zero-order valence-corrected chi connectivity index (χ0v) is 24.3. The fourth-order valence-corrected chi connectivity index (χ4v) is 2.82. The van der Waals surface area contributed by atoms with E-state index in [-0.39, 0.29) is 45.1 Å². The number of hydrogen-bond donors (Lipinski definition) is 4. The summed E-state index contributed by atoms with van der Waals surface area (Å²) in [5, 5.41) is 7.57. The predicted molar refractivity (Wildman–Crippen MR) is 157 cm³/mol. The minimum absolute atomic E-state index is 0. The number of nitrogens with one attached hydrogen (secondary N) is 2. The number of ether oxygens (including phenoxy) is 6. The summed E-state index contributed by atoms with van der Waals surface area (Å²) in [5.41, 5.74) is 16.1. The first-order chi connectivity index (χ1) is 20.1. The third kappa shape index (κ3) is 22.4. The number of aliphatic hydroxyl groups excluding tert-OH is 1. The van der Waals surface area contributed by atoms with E-state index in [0.29, 0.717) is 83.7 Å². The van der Waals surface area contributed by atoms with E-state index in [0.717, 1.165) is 0 Å². The highest BCUT2D eigenvalue weighted by Crippen LogP contribution is 2.21. The van der Waals surface area contributed by atoms with Crippen molar-refractivity contribution in [3.8, 4) is 24.7 Å². The molecule has 0 unspecified atom stereocenters. The maximum atomic E-state index is 12.1. The largest absolute Gasteiger partial charge is 0.412 e. The molecule has 0 saturated carbocycles. The Morgan fingerprint density at radius 2 is 1.10 bits per heavy atom. The van der Waals surface area contributed by atoms with Gasteiger partial charge in [-0.05, 0) is 19.1 Å². The average molecular weight is 601 g/mol. The van der Waals surface area contributed by atoms with Crippen molar-refractivity contribution in [2.75, 3.05) is 99.0 Å². The van der Waals surface area contributed by atoms with Crippen molar-refractivity contribution in [3.05, 3.63) is 35.4 Å². The van der Waals surface area contributed by atoms with Gasteiger partial charge in [0, 0.05) is 14.6 Å². The quantitative estimate of drug-likeness (QED) is 0.0750. The molecule has 1 aromatic rings. The number of hydrogen-bond acceptors (Lipinski definition) is 12. The molecule has 2 rings (SSSR count). The SMILES string of the molecule is C#CCOCCOCCOCCN.C#CCOCCOCCOCCN1C(=O)c2ccccc2C1=O.CCO.N=N.O.[HH]. The third-order valence-corrected chi connectivity index (χ3v) is 4.46. The number of nitrogens with zero attached hydrogens (tertiary/aromatic N) is 1. The van der Waals surface area contributed by atoms with Crippen molar-refractivity contribution in [2.45, 2.75) is 6.92 Å². The van der Waals surface area contributed by atoms with Gasteiger partial charge in [0.15, 0.2) is 0 Å². The number of aliphatic hydroxyl groups is 1. The van der Waals surface area contributed by atoms with Crippen LogP contribution in [-0.2, 0) is 28.4 Å². The molecule has 0 bridgehead atoms. The topological polar surface area (TPSA) is 218 Å². The smallest absolute Gasteiger partial charge is 0.261 e. The Bertz CT molecular complexity index is 849. The van der Waals surface area contributed by atoms with Crippen molar-refractivity contribution in [1.29, 1.82) is 11.1 Å². The number of nitrogens with two attached hydrogens (primary N) is 1. The van der Waals surface area contributed by atoms with E-state index < -0.39 is 0 Å². The van der Waals surface area contributed by atoms with Crippen LogP contribution >= 0.6 is 0 Å². The molecule has 240 valence electrons. The molecule has 0 fully saturated rings. The van der Waals surface area contributed by atoms with Crippen LogP contribution in [0.3, 0.4) is 0 Å². The van der Waals surface area contributed by atoms with Gasteiger partial charge in [-0.3, -0.25) is 14.5 Å². The molecule has 0 radical (unpaired) electrons. The van der Waals surface area contributed by atoms with Crippen LogP contribution < -0.4 is 5.73 Å². The molecule has 14 nitrogen and oxygen atoms in total. The lowest BCUT2D eigenvalue weighted by Gasteiger charge is -2.13. The predicted octanol–water partition coefficient (Wildman–Crippen LogP) is 0.610. The third-order valence-electron chi connectivity index (χ3n) is 4.46. The maximum Gasteiger partial charge on any atom is 0.261 e. The molecule has 0 saturated heterocycles. The van der Waals surface area contributed by atoms with Crippen LogP contribution in [0.15, 0.2) is 24.3 Å². The van der Waals surface area contributed by atoms with Crippen LogP contribution in [0.2, 0.25) is 0 Å². The molecule has 1 aliphatic rings. The van der Waals surface area contributed by atoms with Crippen LogP contribution in [-0.4, -0.2) is 126 Å². The van der Waals surface area contributed by atoms with E-state index in [2.05, 4.69) is 11.8 Å². The zero-order chi connectivity index (χ0) is 31.0. The summed E-state index contributed by atoms with van der Waals surface area (Å²) < 4.78 is 30.9. The van der Waals surface area contributed by atoms with Crippen molar-refractivity contribution in [2.24, 2.45) is 5.73 Å². The summed E-state index contributed by atoms with van der Waals surface area (Å²) in [6.07, 6.45) is 10.0. The van der Waals surface area contributed by atoms with Gasteiger partial charge in [-0.1, -0.05) is 24.0 Å². The number of benzene rings is 1. The fraction of sp³-hybridized carbons (Fsp3) is 0.571. The standard InChI is InChI=1S/C17H19NO5.C9H17NO3.C2H6O.H2N2.H2O.H2/c1-2-8-21-10-12-23-13-11-22-9-7-18-16(19)14-5-3-4-6-15(14)17(18)20;1-2-4-11-6-8-13-9-7-12-5-3-10;1-2-3;1-2;;/h1,3-6H,7-13H2;1H,3-10H2;3H,2H2,1H3;1-2H;1H2;1H. The number of fused-ring (bicyclic) bond motifs is 1. The number of terminal acetylenes is 2. The van der Waals surface area contributed by atoms with Crippen molar-refractivity contribution >= 4 is 11.8 Å². The summed E-state index contributed by atoms with van der Waals surface area (Å²) in [7, 11) is 0. The van der Waals surface area contributed by atoms with Gasteiger partial charge in [0.1, 0.15) is 13.2 Å². The Labute approximate surface area is 249 Å². The number of carbonyl (C=O) groups excluding carboxylic acids is 2. The van der Waals surface area contributed by atoms with E-state index in [4.69, 9.17) is 63.2 Å². The average Bonchev–Trinajstić information content (AvgIpc) is 3.24. The van der Waals surface area contributed by atoms with Gasteiger partial charge in [0.2, 0.25) is 0 Å². The molecule has 2 amide bonds. The van der Waals surface area contributed by atoms with E-state index in [1.54, 1.807) is 31.2 Å². The molecule has 1 heterocycles. The first-order valence-corrected chi connectivity index (χ1v) is 12.9. The molecule has 0 aromatic heterocycles. The van der Waals surface area contributed by atoms with Crippen molar-refractivity contribution in [3.63, 3.8) is 0 Å². The number of amides is 2. The molecular formula is C28H48N4O10. The molecule has 14 heteroatoms. The Morgan fingerprint density at radius 3 is 1.45 bits per heavy atom. The molecule has 42 heavy (non-hydrogen) atoms. The van der Waals surface area contributed by atoms with Crippen LogP contribution in [0, 0.1) is 35.7 Å². The lowest BCUT2D eigenvalue weighted by atomic mass is 10.1. The summed E-state index contributed by atoms with van der Waals surface area (Å²) in [6, 6.07) is 6.81. The van der Waals surface area contributed by atoms with Crippen LogP contribution in [0.5, 0.6) is 0 Å². The normalized spacial score (nSPS) is 10.8. The Hall–Kier alpha value is -3.28. The van der Waals surface area contributed by atoms with E-state index in [1.807, 2.05) is 0 Å². The minimum Gasteiger partial charge on any atom is -0.412 e. The molecule has 0 atom stereocenters. The van der Waals surface area contributed by atoms with Gasteiger partial charge >= 0.3 is 0 Å². The van der Waals surface area contributed by atoms with Crippen LogP contribution in [0.1, 0.15) is 29.1 Å². The highest BCUT2D eigenvalue weighted by molar-refractivity contribution is 6.21. The first kappa shape index (κ1) is 43.2. The molecule has 0 spiro atoms. The lowest BCUT2D eigenvalue weighted by Crippen LogP contribution is -2.33. The summed E-state index contributed by atoms with van der Waals surface area (Å²) in [5.74, 6) is 4.20. The molecule has 0 aliphatic carbocycles. The second-order valence-corrected chi connectivity index (χ2v) is 7.38. The number of rotatable bonds is 19. The molecule has 7 N–H and O–H groups in total.